The van der Waals surface area contributed by atoms with Crippen LogP contribution >= 0.6 is 12.4 Å². The molecule has 18 heavy (non-hydrogen) atoms. The van der Waals surface area contributed by atoms with Crippen molar-refractivity contribution < 1.29 is 4.79 Å². The number of hydrogen-bond donors (Lipinski definition) is 2. The van der Waals surface area contributed by atoms with E-state index in [1.807, 2.05) is 7.05 Å². The van der Waals surface area contributed by atoms with E-state index >= 15 is 0 Å². The van der Waals surface area contributed by atoms with Crippen LogP contribution in [0.1, 0.15) is 52.9 Å². The summed E-state index contributed by atoms with van der Waals surface area (Å²) < 4.78 is 0. The Morgan fingerprint density at radius 1 is 1.22 bits per heavy atom. The molecular weight excluding hydrogens is 248 g/mol. The van der Waals surface area contributed by atoms with Crippen molar-refractivity contribution in [3.63, 3.8) is 0 Å². The first kappa shape index (κ1) is 17.7. The van der Waals surface area contributed by atoms with Gasteiger partial charge in [-0.05, 0) is 39.2 Å². The Hall–Kier alpha value is -0.280. The zero-order valence-corrected chi connectivity index (χ0v) is 13.0. The molecule has 0 aromatic rings. The number of carbonyl (C=O) groups excluding carboxylic acids is 1. The van der Waals surface area contributed by atoms with Gasteiger partial charge in [0, 0.05) is 18.0 Å². The standard InChI is InChI=1S/C14H28N2O.ClH/c1-11(2)9-14(7-5-6-8-14)13(17)16-10-12(3)15-4;/h11-12,15H,5-10H2,1-4H3,(H,16,17);1H. The lowest BCUT2D eigenvalue weighted by Crippen LogP contribution is -2.44. The summed E-state index contributed by atoms with van der Waals surface area (Å²) >= 11 is 0. The quantitative estimate of drug-likeness (QED) is 0.783. The Bertz CT molecular complexity index is 250. The van der Waals surface area contributed by atoms with Crippen molar-refractivity contribution in [1.82, 2.24) is 10.6 Å². The monoisotopic (exact) mass is 276 g/mol. The molecule has 0 radical (unpaired) electrons. The molecule has 0 aromatic carbocycles. The molecule has 0 spiro atoms. The van der Waals surface area contributed by atoms with Crippen molar-refractivity contribution in [3.05, 3.63) is 0 Å². The fourth-order valence-corrected chi connectivity index (χ4v) is 2.89. The van der Waals surface area contributed by atoms with Gasteiger partial charge in [0.1, 0.15) is 0 Å². The summed E-state index contributed by atoms with van der Waals surface area (Å²) in [5.74, 6) is 0.881. The Morgan fingerprint density at radius 3 is 2.22 bits per heavy atom. The van der Waals surface area contributed by atoms with E-state index in [0.29, 0.717) is 12.0 Å². The fraction of sp³-hybridized carbons (Fsp3) is 0.929. The summed E-state index contributed by atoms with van der Waals surface area (Å²) in [6, 6.07) is 0.344. The van der Waals surface area contributed by atoms with Crippen LogP contribution in [0.4, 0.5) is 0 Å². The van der Waals surface area contributed by atoms with E-state index in [4.69, 9.17) is 0 Å². The van der Waals surface area contributed by atoms with Crippen molar-refractivity contribution in [2.75, 3.05) is 13.6 Å². The predicted molar refractivity (Wildman–Crippen MR) is 79.1 cm³/mol. The highest BCUT2D eigenvalue weighted by Crippen LogP contribution is 2.43. The molecule has 1 amide bonds. The third-order valence-electron chi connectivity index (χ3n) is 3.90. The third-order valence-corrected chi connectivity index (χ3v) is 3.90. The number of amides is 1. The Morgan fingerprint density at radius 2 is 1.78 bits per heavy atom. The van der Waals surface area contributed by atoms with Crippen molar-refractivity contribution in [1.29, 1.82) is 0 Å². The molecule has 4 heteroatoms. The molecule has 3 nitrogen and oxygen atoms in total. The van der Waals surface area contributed by atoms with Crippen LogP contribution in [0.2, 0.25) is 0 Å². The topological polar surface area (TPSA) is 41.1 Å². The van der Waals surface area contributed by atoms with Crippen molar-refractivity contribution in [3.8, 4) is 0 Å². The molecule has 1 aliphatic carbocycles. The van der Waals surface area contributed by atoms with Gasteiger partial charge in [0.05, 0.1) is 0 Å². The van der Waals surface area contributed by atoms with Crippen LogP contribution in [0.5, 0.6) is 0 Å². The molecule has 1 aliphatic rings. The molecule has 0 aromatic heterocycles. The third kappa shape index (κ3) is 4.77. The van der Waals surface area contributed by atoms with E-state index in [-0.39, 0.29) is 23.7 Å². The lowest BCUT2D eigenvalue weighted by Gasteiger charge is -2.30. The highest BCUT2D eigenvalue weighted by Gasteiger charge is 2.41. The highest BCUT2D eigenvalue weighted by molar-refractivity contribution is 5.85. The van der Waals surface area contributed by atoms with Crippen LogP contribution < -0.4 is 10.6 Å². The summed E-state index contributed by atoms with van der Waals surface area (Å²) in [7, 11) is 1.93. The zero-order valence-electron chi connectivity index (χ0n) is 12.2. The van der Waals surface area contributed by atoms with Gasteiger partial charge in [-0.15, -0.1) is 12.4 Å². The Kier molecular flexibility index (Phi) is 7.88. The Labute approximate surface area is 118 Å². The van der Waals surface area contributed by atoms with E-state index < -0.39 is 0 Å². The van der Waals surface area contributed by atoms with E-state index in [1.165, 1.54) is 12.8 Å². The summed E-state index contributed by atoms with van der Waals surface area (Å²) in [4.78, 5) is 12.4. The number of carbonyl (C=O) groups is 1. The van der Waals surface area contributed by atoms with Crippen LogP contribution in [0, 0.1) is 11.3 Å². The van der Waals surface area contributed by atoms with Crippen LogP contribution in [0.3, 0.4) is 0 Å². The van der Waals surface area contributed by atoms with Gasteiger partial charge in [0.2, 0.25) is 5.91 Å². The molecule has 1 atom stereocenters. The Balaban J connectivity index is 0.00000289. The largest absolute Gasteiger partial charge is 0.354 e. The smallest absolute Gasteiger partial charge is 0.226 e. The van der Waals surface area contributed by atoms with Crippen LogP contribution in [0.25, 0.3) is 0 Å². The number of likely N-dealkylation sites (N-methyl/N-ethyl adjacent to an activating group) is 1. The predicted octanol–water partition coefficient (Wildman–Crippen LogP) is 2.74. The molecule has 0 heterocycles. The van der Waals surface area contributed by atoms with Gasteiger partial charge in [-0.25, -0.2) is 0 Å². The second-order valence-electron chi connectivity index (χ2n) is 5.99. The van der Waals surface area contributed by atoms with Gasteiger partial charge in [0.25, 0.3) is 0 Å². The number of halogens is 1. The second-order valence-corrected chi connectivity index (χ2v) is 5.99. The highest BCUT2D eigenvalue weighted by atomic mass is 35.5. The SMILES string of the molecule is CNC(C)CNC(=O)C1(CC(C)C)CCCC1.Cl. The number of hydrogen-bond acceptors (Lipinski definition) is 2. The second kappa shape index (κ2) is 8.00. The van der Waals surface area contributed by atoms with Crippen molar-refractivity contribution in [2.24, 2.45) is 11.3 Å². The average Bonchev–Trinajstić information content (AvgIpc) is 2.74. The van der Waals surface area contributed by atoms with Crippen LogP contribution in [-0.2, 0) is 4.79 Å². The minimum Gasteiger partial charge on any atom is -0.354 e. The number of rotatable bonds is 6. The maximum absolute atomic E-state index is 12.4. The first-order valence-corrected chi connectivity index (χ1v) is 6.96. The summed E-state index contributed by atoms with van der Waals surface area (Å²) in [5.41, 5.74) is -0.0678. The lowest BCUT2D eigenvalue weighted by atomic mass is 9.77. The minimum atomic E-state index is -0.0678. The minimum absolute atomic E-state index is 0. The van der Waals surface area contributed by atoms with Gasteiger partial charge in [0.15, 0.2) is 0 Å². The zero-order chi connectivity index (χ0) is 12.9. The van der Waals surface area contributed by atoms with E-state index in [9.17, 15) is 4.79 Å². The maximum Gasteiger partial charge on any atom is 0.226 e. The summed E-state index contributed by atoms with van der Waals surface area (Å²) in [6.07, 6.45) is 5.60. The molecule has 0 saturated heterocycles. The summed E-state index contributed by atoms with van der Waals surface area (Å²) in [6.45, 7) is 7.24. The van der Waals surface area contributed by atoms with E-state index in [2.05, 4.69) is 31.4 Å². The normalized spacial score (nSPS) is 19.4. The van der Waals surface area contributed by atoms with Crippen molar-refractivity contribution >= 4 is 18.3 Å². The van der Waals surface area contributed by atoms with Gasteiger partial charge < -0.3 is 10.6 Å². The molecule has 108 valence electrons. The molecule has 1 rings (SSSR count). The fourth-order valence-electron chi connectivity index (χ4n) is 2.89. The van der Waals surface area contributed by atoms with Crippen molar-refractivity contribution in [2.45, 2.75) is 58.9 Å². The molecular formula is C14H29ClN2O. The van der Waals surface area contributed by atoms with Gasteiger partial charge in [-0.3, -0.25) is 4.79 Å². The molecule has 0 bridgehead atoms. The molecule has 1 fully saturated rings. The summed E-state index contributed by atoms with van der Waals surface area (Å²) in [5, 5.41) is 6.27. The maximum atomic E-state index is 12.4. The molecule has 1 unspecified atom stereocenters. The average molecular weight is 277 g/mol. The molecule has 1 saturated carbocycles. The lowest BCUT2D eigenvalue weighted by molar-refractivity contribution is -0.131. The van der Waals surface area contributed by atoms with Gasteiger partial charge in [-0.2, -0.15) is 0 Å². The number of nitrogens with one attached hydrogen (secondary N) is 2. The van der Waals surface area contributed by atoms with Gasteiger partial charge in [-0.1, -0.05) is 26.7 Å². The molecule has 0 aliphatic heterocycles. The van der Waals surface area contributed by atoms with E-state index in [0.717, 1.165) is 25.8 Å². The van der Waals surface area contributed by atoms with Gasteiger partial charge >= 0.3 is 0 Å². The first-order valence-electron chi connectivity index (χ1n) is 6.96. The van der Waals surface area contributed by atoms with Crippen LogP contribution in [-0.4, -0.2) is 25.5 Å². The first-order chi connectivity index (χ1) is 8.00. The molecule has 2 N–H and O–H groups in total. The van der Waals surface area contributed by atoms with E-state index in [1.54, 1.807) is 0 Å². The van der Waals surface area contributed by atoms with Crippen LogP contribution in [0.15, 0.2) is 0 Å².